The molecule has 3 rings (SSSR count). The minimum absolute atomic E-state index is 0.275. The first-order chi connectivity index (χ1) is 9.72. The second-order valence-corrected chi connectivity index (χ2v) is 4.27. The molecule has 0 aliphatic rings. The molecule has 0 fully saturated rings. The van der Waals surface area contributed by atoms with Crippen LogP contribution in [0.25, 0.3) is 5.69 Å². The maximum Gasteiger partial charge on any atom is 0.223 e. The van der Waals surface area contributed by atoms with Crippen molar-refractivity contribution in [3.8, 4) is 5.69 Å². The number of hydrogen-bond donors (Lipinski definition) is 3. The first-order valence-electron chi connectivity index (χ1n) is 6.12. The van der Waals surface area contributed by atoms with E-state index < -0.39 is 0 Å². The molecular formula is C12H14N8. The minimum Gasteiger partial charge on any atom is -0.368 e. The molecule has 0 spiro atoms. The Hall–Kier alpha value is -2.90. The van der Waals surface area contributed by atoms with Gasteiger partial charge in [-0.25, -0.2) is 0 Å². The van der Waals surface area contributed by atoms with Gasteiger partial charge in [-0.1, -0.05) is 18.2 Å². The minimum atomic E-state index is 0.275. The lowest BCUT2D eigenvalue weighted by Gasteiger charge is -1.99. The third kappa shape index (κ3) is 2.44. The zero-order valence-electron chi connectivity index (χ0n) is 10.9. The number of para-hydroxylation sites is 1. The van der Waals surface area contributed by atoms with E-state index in [4.69, 9.17) is 5.73 Å². The number of nitrogen functional groups attached to an aromatic ring is 1. The summed E-state index contributed by atoms with van der Waals surface area (Å²) in [4.78, 5) is 4.41. The number of anilines is 2. The molecule has 0 radical (unpaired) electrons. The van der Waals surface area contributed by atoms with Crippen molar-refractivity contribution in [2.45, 2.75) is 13.5 Å². The SMILES string of the molecule is Cc1nn(-c2ccccc2)nc1CNc1nnc(N)[nH]1. The zero-order chi connectivity index (χ0) is 13.9. The fourth-order valence-corrected chi connectivity index (χ4v) is 1.77. The molecule has 0 amide bonds. The number of rotatable bonds is 4. The van der Waals surface area contributed by atoms with E-state index in [2.05, 4.69) is 30.7 Å². The molecule has 1 aromatic carbocycles. The van der Waals surface area contributed by atoms with Gasteiger partial charge in [-0.3, -0.25) is 4.98 Å². The van der Waals surface area contributed by atoms with E-state index in [-0.39, 0.29) is 5.95 Å². The Morgan fingerprint density at radius 2 is 2.00 bits per heavy atom. The van der Waals surface area contributed by atoms with E-state index in [9.17, 15) is 0 Å². The topological polar surface area (TPSA) is 110 Å². The molecular weight excluding hydrogens is 256 g/mol. The molecule has 0 bridgehead atoms. The van der Waals surface area contributed by atoms with Crippen LogP contribution in [-0.4, -0.2) is 30.2 Å². The van der Waals surface area contributed by atoms with Gasteiger partial charge in [0.2, 0.25) is 11.9 Å². The van der Waals surface area contributed by atoms with Crippen LogP contribution in [0, 0.1) is 6.92 Å². The Bertz CT molecular complexity index is 699. The van der Waals surface area contributed by atoms with Crippen LogP contribution in [0.4, 0.5) is 11.9 Å². The lowest BCUT2D eigenvalue weighted by atomic mass is 10.3. The molecule has 0 unspecified atom stereocenters. The fraction of sp³-hybridized carbons (Fsp3) is 0.167. The van der Waals surface area contributed by atoms with Crippen LogP contribution in [0.5, 0.6) is 0 Å². The molecule has 8 nitrogen and oxygen atoms in total. The molecule has 20 heavy (non-hydrogen) atoms. The highest BCUT2D eigenvalue weighted by molar-refractivity contribution is 5.32. The summed E-state index contributed by atoms with van der Waals surface area (Å²) in [6.45, 7) is 2.41. The fourth-order valence-electron chi connectivity index (χ4n) is 1.77. The number of benzene rings is 1. The molecule has 0 aliphatic carbocycles. The zero-order valence-corrected chi connectivity index (χ0v) is 10.9. The van der Waals surface area contributed by atoms with Gasteiger partial charge in [0.15, 0.2) is 0 Å². The summed E-state index contributed by atoms with van der Waals surface area (Å²) < 4.78 is 0. The Balaban J connectivity index is 1.76. The molecule has 2 heterocycles. The van der Waals surface area contributed by atoms with Crippen molar-refractivity contribution in [3.63, 3.8) is 0 Å². The molecule has 0 aliphatic heterocycles. The smallest absolute Gasteiger partial charge is 0.223 e. The van der Waals surface area contributed by atoms with Crippen molar-refractivity contribution in [2.24, 2.45) is 0 Å². The molecule has 8 heteroatoms. The van der Waals surface area contributed by atoms with Gasteiger partial charge in [-0.2, -0.15) is 15.0 Å². The predicted molar refractivity (Wildman–Crippen MR) is 74.2 cm³/mol. The maximum atomic E-state index is 5.46. The van der Waals surface area contributed by atoms with Crippen molar-refractivity contribution < 1.29 is 0 Å². The number of aromatic amines is 1. The van der Waals surface area contributed by atoms with Crippen LogP contribution in [0.1, 0.15) is 11.4 Å². The van der Waals surface area contributed by atoms with E-state index in [0.29, 0.717) is 12.5 Å². The number of nitrogens with one attached hydrogen (secondary N) is 2. The summed E-state index contributed by atoms with van der Waals surface area (Å²) in [5.41, 5.74) is 8.07. The van der Waals surface area contributed by atoms with Gasteiger partial charge in [0.05, 0.1) is 17.9 Å². The lowest BCUT2D eigenvalue weighted by molar-refractivity contribution is 0.736. The number of aryl methyl sites for hydroxylation is 1. The third-order valence-corrected chi connectivity index (χ3v) is 2.79. The quantitative estimate of drug-likeness (QED) is 0.649. The van der Waals surface area contributed by atoms with Gasteiger partial charge in [-0.15, -0.1) is 10.2 Å². The van der Waals surface area contributed by atoms with Crippen molar-refractivity contribution >= 4 is 11.9 Å². The Kier molecular flexibility index (Phi) is 3.04. The Morgan fingerprint density at radius 3 is 2.70 bits per heavy atom. The summed E-state index contributed by atoms with van der Waals surface area (Å²) in [5.74, 6) is 0.785. The second kappa shape index (κ2) is 5.00. The van der Waals surface area contributed by atoms with Gasteiger partial charge in [0.25, 0.3) is 0 Å². The Labute approximate surface area is 115 Å². The van der Waals surface area contributed by atoms with Gasteiger partial charge in [0.1, 0.15) is 5.69 Å². The van der Waals surface area contributed by atoms with Crippen molar-refractivity contribution in [2.75, 3.05) is 11.1 Å². The van der Waals surface area contributed by atoms with Gasteiger partial charge < -0.3 is 11.1 Å². The standard InChI is InChI=1S/C12H14N8/c1-8-10(7-14-12-15-11(13)16-17-12)19-20(18-8)9-5-3-2-4-6-9/h2-6H,7H2,1H3,(H4,13,14,15,16,17). The first kappa shape index (κ1) is 12.2. The average Bonchev–Trinajstić information content (AvgIpc) is 3.04. The van der Waals surface area contributed by atoms with E-state index in [1.807, 2.05) is 37.3 Å². The molecule has 0 atom stereocenters. The summed E-state index contributed by atoms with van der Waals surface area (Å²) in [6.07, 6.45) is 0. The molecule has 3 aromatic rings. The third-order valence-electron chi connectivity index (χ3n) is 2.79. The van der Waals surface area contributed by atoms with E-state index in [1.54, 1.807) is 4.80 Å². The number of hydrogen-bond acceptors (Lipinski definition) is 6. The summed E-state index contributed by atoms with van der Waals surface area (Å²) in [6, 6.07) is 9.75. The van der Waals surface area contributed by atoms with Crippen LogP contribution in [-0.2, 0) is 6.54 Å². The molecule has 2 aromatic heterocycles. The average molecular weight is 270 g/mol. The monoisotopic (exact) mass is 270 g/mol. The number of nitrogens with two attached hydrogens (primary N) is 1. The van der Waals surface area contributed by atoms with Crippen LogP contribution < -0.4 is 11.1 Å². The van der Waals surface area contributed by atoms with Gasteiger partial charge in [0, 0.05) is 0 Å². The number of aromatic nitrogens is 6. The highest BCUT2D eigenvalue weighted by atomic mass is 15.5. The van der Waals surface area contributed by atoms with Crippen LogP contribution in [0.2, 0.25) is 0 Å². The molecule has 102 valence electrons. The maximum absolute atomic E-state index is 5.46. The molecule has 0 saturated heterocycles. The second-order valence-electron chi connectivity index (χ2n) is 4.27. The lowest BCUT2D eigenvalue weighted by Crippen LogP contribution is -2.04. The first-order valence-corrected chi connectivity index (χ1v) is 6.12. The van der Waals surface area contributed by atoms with Crippen molar-refractivity contribution in [1.29, 1.82) is 0 Å². The van der Waals surface area contributed by atoms with Crippen LogP contribution >= 0.6 is 0 Å². The van der Waals surface area contributed by atoms with E-state index in [1.165, 1.54) is 0 Å². The highest BCUT2D eigenvalue weighted by Gasteiger charge is 2.09. The summed E-state index contributed by atoms with van der Waals surface area (Å²) in [7, 11) is 0. The summed E-state index contributed by atoms with van der Waals surface area (Å²) >= 11 is 0. The normalized spacial score (nSPS) is 10.7. The van der Waals surface area contributed by atoms with E-state index in [0.717, 1.165) is 17.1 Å². The van der Waals surface area contributed by atoms with Crippen molar-refractivity contribution in [1.82, 2.24) is 30.2 Å². The van der Waals surface area contributed by atoms with Crippen LogP contribution in [0.3, 0.4) is 0 Å². The van der Waals surface area contributed by atoms with Gasteiger partial charge >= 0.3 is 0 Å². The number of nitrogens with zero attached hydrogens (tertiary/aromatic N) is 5. The Morgan fingerprint density at radius 1 is 1.20 bits per heavy atom. The van der Waals surface area contributed by atoms with Gasteiger partial charge in [-0.05, 0) is 19.1 Å². The molecule has 4 N–H and O–H groups in total. The predicted octanol–water partition coefficient (Wildman–Crippen LogP) is 0.888. The van der Waals surface area contributed by atoms with Crippen molar-refractivity contribution in [3.05, 3.63) is 41.7 Å². The largest absolute Gasteiger partial charge is 0.368 e. The van der Waals surface area contributed by atoms with Crippen LogP contribution in [0.15, 0.2) is 30.3 Å². The molecule has 0 saturated carbocycles. The number of H-pyrrole nitrogens is 1. The summed E-state index contributed by atoms with van der Waals surface area (Å²) in [5, 5.41) is 19.4. The highest BCUT2D eigenvalue weighted by Crippen LogP contribution is 2.09. The van der Waals surface area contributed by atoms with E-state index >= 15 is 0 Å².